The number of hydrogen-bond donors (Lipinski definition) is 1. The third kappa shape index (κ3) is 4.03. The monoisotopic (exact) mass is 268 g/mol. The number of rotatable bonds is 5. The van der Waals surface area contributed by atoms with E-state index in [9.17, 15) is 4.79 Å². The first-order valence-corrected chi connectivity index (χ1v) is 7.17. The van der Waals surface area contributed by atoms with Gasteiger partial charge in [0, 0.05) is 44.3 Å². The van der Waals surface area contributed by atoms with Gasteiger partial charge in [-0.25, -0.2) is 4.79 Å². The Kier molecular flexibility index (Phi) is 5.36. The van der Waals surface area contributed by atoms with E-state index in [-0.39, 0.29) is 0 Å². The van der Waals surface area contributed by atoms with Crippen molar-refractivity contribution in [1.29, 1.82) is 0 Å². The number of nitrogens with zero attached hydrogens (tertiary/aromatic N) is 2. The van der Waals surface area contributed by atoms with Gasteiger partial charge in [-0.15, -0.1) is 0 Å². The highest BCUT2D eigenvalue weighted by molar-refractivity contribution is 5.86. The molecule has 0 bridgehead atoms. The summed E-state index contributed by atoms with van der Waals surface area (Å²) in [6.07, 6.45) is 3.64. The Morgan fingerprint density at radius 1 is 1.37 bits per heavy atom. The van der Waals surface area contributed by atoms with E-state index < -0.39 is 5.97 Å². The summed E-state index contributed by atoms with van der Waals surface area (Å²) in [5.41, 5.74) is 0.523. The van der Waals surface area contributed by atoms with E-state index in [4.69, 9.17) is 9.84 Å². The zero-order valence-corrected chi connectivity index (χ0v) is 11.7. The number of likely N-dealkylation sites (tertiary alicyclic amines) is 1. The van der Waals surface area contributed by atoms with Crippen LogP contribution in [0.5, 0.6) is 0 Å². The Hall–Kier alpha value is -0.910. The minimum atomic E-state index is -0.786. The Labute approximate surface area is 114 Å². The van der Waals surface area contributed by atoms with Gasteiger partial charge >= 0.3 is 5.97 Å². The van der Waals surface area contributed by atoms with Gasteiger partial charge < -0.3 is 9.84 Å². The van der Waals surface area contributed by atoms with Crippen molar-refractivity contribution >= 4 is 5.97 Å². The van der Waals surface area contributed by atoms with Crippen molar-refractivity contribution in [3.63, 3.8) is 0 Å². The van der Waals surface area contributed by atoms with Crippen LogP contribution in [-0.4, -0.2) is 72.9 Å². The molecule has 0 spiro atoms. The largest absolute Gasteiger partial charge is 0.478 e. The highest BCUT2D eigenvalue weighted by Crippen LogP contribution is 2.17. The minimum Gasteiger partial charge on any atom is -0.478 e. The predicted molar refractivity (Wildman–Crippen MR) is 73.2 cm³/mol. The molecule has 1 atom stereocenters. The fourth-order valence-corrected chi connectivity index (χ4v) is 2.84. The van der Waals surface area contributed by atoms with Crippen molar-refractivity contribution in [3.05, 3.63) is 11.6 Å². The van der Waals surface area contributed by atoms with Crippen molar-refractivity contribution < 1.29 is 14.6 Å². The number of hydrogen-bond acceptors (Lipinski definition) is 4. The van der Waals surface area contributed by atoms with E-state index in [2.05, 4.69) is 9.80 Å². The van der Waals surface area contributed by atoms with E-state index in [1.54, 1.807) is 0 Å². The number of carboxylic acid groups (broad SMARTS) is 1. The maximum Gasteiger partial charge on any atom is 0.331 e. The number of ether oxygens (including phenoxy) is 1. The van der Waals surface area contributed by atoms with Gasteiger partial charge in [0.05, 0.1) is 13.2 Å². The van der Waals surface area contributed by atoms with Crippen LogP contribution in [0.2, 0.25) is 0 Å². The second-order valence-electron chi connectivity index (χ2n) is 5.24. The van der Waals surface area contributed by atoms with Crippen molar-refractivity contribution in [2.45, 2.75) is 25.8 Å². The topological polar surface area (TPSA) is 53.0 Å². The third-order valence-corrected chi connectivity index (χ3v) is 4.06. The number of morpholine rings is 1. The Morgan fingerprint density at radius 3 is 2.74 bits per heavy atom. The summed E-state index contributed by atoms with van der Waals surface area (Å²) in [4.78, 5) is 15.8. The molecule has 5 nitrogen and oxygen atoms in total. The standard InChI is InChI=1S/C14H24N2O3/c1-2-12(14(17)18)3-5-15-6-4-13(11-15)16-7-9-19-10-8-16/h3,13H,2,4-11H2,1H3,(H,17,18). The highest BCUT2D eigenvalue weighted by atomic mass is 16.5. The SMILES string of the molecule is CCC(=CCN1CCC(N2CCOCC2)C1)C(=O)O. The molecular formula is C14H24N2O3. The zero-order chi connectivity index (χ0) is 13.7. The highest BCUT2D eigenvalue weighted by Gasteiger charge is 2.28. The lowest BCUT2D eigenvalue weighted by atomic mass is 10.2. The maximum atomic E-state index is 10.9. The fourth-order valence-electron chi connectivity index (χ4n) is 2.84. The first kappa shape index (κ1) is 14.5. The molecule has 2 heterocycles. The average molecular weight is 268 g/mol. The Bertz CT molecular complexity index is 338. The molecule has 0 aromatic carbocycles. The molecule has 2 fully saturated rings. The van der Waals surface area contributed by atoms with E-state index in [1.165, 1.54) is 6.42 Å². The lowest BCUT2D eigenvalue weighted by molar-refractivity contribution is -0.132. The van der Waals surface area contributed by atoms with Crippen LogP contribution in [0, 0.1) is 0 Å². The van der Waals surface area contributed by atoms with Crippen LogP contribution in [0.25, 0.3) is 0 Å². The summed E-state index contributed by atoms with van der Waals surface area (Å²) in [6.45, 7) is 8.51. The smallest absolute Gasteiger partial charge is 0.331 e. The van der Waals surface area contributed by atoms with Gasteiger partial charge in [-0.2, -0.15) is 0 Å². The maximum absolute atomic E-state index is 10.9. The summed E-state index contributed by atoms with van der Waals surface area (Å²) in [6, 6.07) is 0.618. The van der Waals surface area contributed by atoms with Crippen LogP contribution in [0.4, 0.5) is 0 Å². The first-order chi connectivity index (χ1) is 9.20. The molecule has 0 amide bonds. The minimum absolute atomic E-state index is 0.523. The lowest BCUT2D eigenvalue weighted by Crippen LogP contribution is -2.44. The van der Waals surface area contributed by atoms with Gasteiger partial charge in [0.1, 0.15) is 0 Å². The van der Waals surface area contributed by atoms with Crippen LogP contribution in [0.15, 0.2) is 11.6 Å². The Morgan fingerprint density at radius 2 is 2.11 bits per heavy atom. The lowest BCUT2D eigenvalue weighted by Gasteiger charge is -2.32. The molecule has 0 aromatic rings. The van der Waals surface area contributed by atoms with Gasteiger partial charge in [0.25, 0.3) is 0 Å². The van der Waals surface area contributed by atoms with Gasteiger partial charge in [-0.1, -0.05) is 13.0 Å². The molecule has 19 heavy (non-hydrogen) atoms. The number of carbonyl (C=O) groups is 1. The zero-order valence-electron chi connectivity index (χ0n) is 11.7. The Balaban J connectivity index is 1.79. The van der Waals surface area contributed by atoms with E-state index >= 15 is 0 Å². The normalized spacial score (nSPS) is 26.8. The first-order valence-electron chi connectivity index (χ1n) is 7.17. The molecule has 2 aliphatic heterocycles. The molecule has 0 radical (unpaired) electrons. The van der Waals surface area contributed by atoms with Gasteiger partial charge in [0.15, 0.2) is 0 Å². The molecule has 1 unspecified atom stereocenters. The molecule has 0 aromatic heterocycles. The molecule has 2 rings (SSSR count). The summed E-state index contributed by atoms with van der Waals surface area (Å²) in [5.74, 6) is -0.786. The number of aliphatic carboxylic acids is 1. The average Bonchev–Trinajstić information content (AvgIpc) is 2.89. The van der Waals surface area contributed by atoms with Crippen molar-refractivity contribution in [2.24, 2.45) is 0 Å². The summed E-state index contributed by atoms with van der Waals surface area (Å²) in [7, 11) is 0. The van der Waals surface area contributed by atoms with Crippen LogP contribution in [0.3, 0.4) is 0 Å². The molecule has 2 saturated heterocycles. The van der Waals surface area contributed by atoms with Crippen molar-refractivity contribution in [2.75, 3.05) is 45.9 Å². The summed E-state index contributed by atoms with van der Waals surface area (Å²) in [5, 5.41) is 8.99. The van der Waals surface area contributed by atoms with E-state index in [1.807, 2.05) is 13.0 Å². The van der Waals surface area contributed by atoms with E-state index in [0.717, 1.165) is 45.9 Å². The quantitative estimate of drug-likeness (QED) is 0.748. The summed E-state index contributed by atoms with van der Waals surface area (Å²) >= 11 is 0. The molecule has 0 aliphatic carbocycles. The molecule has 5 heteroatoms. The second kappa shape index (κ2) is 7.03. The summed E-state index contributed by atoms with van der Waals surface area (Å²) < 4.78 is 5.38. The van der Waals surface area contributed by atoms with Crippen LogP contribution < -0.4 is 0 Å². The third-order valence-electron chi connectivity index (χ3n) is 4.06. The molecule has 108 valence electrons. The van der Waals surface area contributed by atoms with Crippen LogP contribution in [-0.2, 0) is 9.53 Å². The van der Waals surface area contributed by atoms with Gasteiger partial charge in [0.2, 0.25) is 0 Å². The van der Waals surface area contributed by atoms with Gasteiger partial charge in [-0.3, -0.25) is 9.80 Å². The van der Waals surface area contributed by atoms with Gasteiger partial charge in [-0.05, 0) is 12.8 Å². The van der Waals surface area contributed by atoms with Crippen molar-refractivity contribution in [3.8, 4) is 0 Å². The fraction of sp³-hybridized carbons (Fsp3) is 0.786. The van der Waals surface area contributed by atoms with Crippen molar-refractivity contribution in [1.82, 2.24) is 9.80 Å². The molecule has 2 aliphatic rings. The molecule has 0 saturated carbocycles. The predicted octanol–water partition coefficient (Wildman–Crippen LogP) is 0.814. The van der Waals surface area contributed by atoms with E-state index in [0.29, 0.717) is 18.0 Å². The second-order valence-corrected chi connectivity index (χ2v) is 5.24. The van der Waals surface area contributed by atoms with Crippen LogP contribution in [0.1, 0.15) is 19.8 Å². The number of carboxylic acids is 1. The molecular weight excluding hydrogens is 244 g/mol. The van der Waals surface area contributed by atoms with Crippen LogP contribution >= 0.6 is 0 Å². The molecule has 1 N–H and O–H groups in total.